The summed E-state index contributed by atoms with van der Waals surface area (Å²) in [7, 11) is 0. The molecule has 130 valence electrons. The van der Waals surface area contributed by atoms with Crippen molar-refractivity contribution in [3.05, 3.63) is 35.9 Å². The molecule has 2 rings (SSSR count). The number of nitrogens with two attached hydrogens (primary N) is 1. The Kier molecular flexibility index (Phi) is 6.00. The number of rotatable bonds is 5. The Morgan fingerprint density at radius 3 is 2.50 bits per heavy atom. The van der Waals surface area contributed by atoms with E-state index < -0.39 is 18.1 Å². The number of piperidine rings is 1. The first kappa shape index (κ1) is 17.6. The number of nitrogens with zero attached hydrogens (tertiary/aromatic N) is 1. The van der Waals surface area contributed by atoms with Gasteiger partial charge in [-0.25, -0.2) is 9.59 Å². The van der Waals surface area contributed by atoms with E-state index in [0.717, 1.165) is 5.56 Å². The number of carbonyl (C=O) groups is 2. The summed E-state index contributed by atoms with van der Waals surface area (Å²) in [6.07, 6.45) is 0.325. The fourth-order valence-electron chi connectivity index (χ4n) is 2.75. The minimum absolute atomic E-state index is 0.0180. The summed E-state index contributed by atoms with van der Waals surface area (Å²) in [4.78, 5) is 25.0. The van der Waals surface area contributed by atoms with Gasteiger partial charge in [0.25, 0.3) is 0 Å². The highest BCUT2D eigenvalue weighted by atomic mass is 16.5. The predicted octanol–water partition coefficient (Wildman–Crippen LogP) is 0.971. The molecule has 8 nitrogen and oxygen atoms in total. The molecular formula is C16H22N4O4. The molecule has 1 amide bonds. The number of hydrogen-bond acceptors (Lipinski definition) is 4. The highest BCUT2D eigenvalue weighted by molar-refractivity contribution is 5.80. The van der Waals surface area contributed by atoms with E-state index in [9.17, 15) is 14.7 Å². The Morgan fingerprint density at radius 2 is 1.96 bits per heavy atom. The van der Waals surface area contributed by atoms with Crippen molar-refractivity contribution in [2.24, 2.45) is 11.7 Å². The lowest BCUT2D eigenvalue weighted by atomic mass is 9.89. The van der Waals surface area contributed by atoms with Gasteiger partial charge in [0.2, 0.25) is 0 Å². The van der Waals surface area contributed by atoms with Crippen LogP contribution < -0.4 is 11.1 Å². The van der Waals surface area contributed by atoms with E-state index in [4.69, 9.17) is 15.9 Å². The minimum Gasteiger partial charge on any atom is -0.480 e. The quantitative estimate of drug-likeness (QED) is 0.469. The number of alkyl carbamates (subject to hydrolysis) is 1. The zero-order valence-electron chi connectivity index (χ0n) is 13.3. The fourth-order valence-corrected chi connectivity index (χ4v) is 2.75. The molecule has 1 saturated heterocycles. The van der Waals surface area contributed by atoms with Gasteiger partial charge in [-0.1, -0.05) is 30.3 Å². The van der Waals surface area contributed by atoms with Gasteiger partial charge in [-0.15, -0.1) is 0 Å². The van der Waals surface area contributed by atoms with Gasteiger partial charge >= 0.3 is 12.1 Å². The van der Waals surface area contributed by atoms with Gasteiger partial charge in [-0.3, -0.25) is 5.41 Å². The number of hydrogen-bond donors (Lipinski definition) is 4. The summed E-state index contributed by atoms with van der Waals surface area (Å²) < 4.78 is 5.08. The number of benzene rings is 1. The van der Waals surface area contributed by atoms with Gasteiger partial charge in [-0.05, 0) is 24.3 Å². The van der Waals surface area contributed by atoms with Crippen LogP contribution in [0.3, 0.4) is 0 Å². The van der Waals surface area contributed by atoms with E-state index in [-0.39, 0.29) is 18.5 Å². The summed E-state index contributed by atoms with van der Waals surface area (Å²) in [5.74, 6) is -1.33. The van der Waals surface area contributed by atoms with E-state index in [1.807, 2.05) is 30.3 Å². The fraction of sp³-hybridized carbons (Fsp3) is 0.438. The van der Waals surface area contributed by atoms with Gasteiger partial charge in [0.15, 0.2) is 5.96 Å². The number of ether oxygens (including phenoxy) is 1. The molecule has 0 radical (unpaired) electrons. The summed E-state index contributed by atoms with van der Waals surface area (Å²) in [6.45, 7) is 1.09. The molecule has 0 bridgehead atoms. The van der Waals surface area contributed by atoms with Crippen molar-refractivity contribution in [3.8, 4) is 0 Å². The van der Waals surface area contributed by atoms with Crippen molar-refractivity contribution in [1.82, 2.24) is 10.2 Å². The molecule has 8 heteroatoms. The number of amides is 1. The first-order valence-electron chi connectivity index (χ1n) is 7.76. The molecule has 24 heavy (non-hydrogen) atoms. The Bertz CT molecular complexity index is 585. The lowest BCUT2D eigenvalue weighted by Crippen LogP contribution is -2.51. The number of carboxylic acids is 1. The van der Waals surface area contributed by atoms with Crippen molar-refractivity contribution in [2.75, 3.05) is 13.1 Å². The standard InChI is InChI=1S/C16H22N4O4/c17-15(18)20-8-6-12(7-9-20)13(14(21)22)19-16(23)24-10-11-4-2-1-3-5-11/h1-5,12-13H,6-10H2,(H3,17,18)(H,19,23)(H,21,22). The molecule has 1 atom stereocenters. The topological polar surface area (TPSA) is 129 Å². The van der Waals surface area contributed by atoms with Crippen LogP contribution in [0.2, 0.25) is 0 Å². The summed E-state index contributed by atoms with van der Waals surface area (Å²) in [5.41, 5.74) is 6.26. The molecule has 1 aliphatic heterocycles. The molecule has 1 heterocycles. The van der Waals surface area contributed by atoms with Gasteiger partial charge in [0.05, 0.1) is 0 Å². The number of guanidine groups is 1. The van der Waals surface area contributed by atoms with Gasteiger partial charge in [-0.2, -0.15) is 0 Å². The third-order valence-corrected chi connectivity index (χ3v) is 4.10. The van der Waals surface area contributed by atoms with Crippen molar-refractivity contribution in [1.29, 1.82) is 5.41 Å². The molecule has 0 saturated carbocycles. The molecule has 0 aliphatic carbocycles. The maximum absolute atomic E-state index is 11.9. The summed E-state index contributed by atoms with van der Waals surface area (Å²) >= 11 is 0. The maximum Gasteiger partial charge on any atom is 0.408 e. The normalized spacial score (nSPS) is 16.2. The van der Waals surface area contributed by atoms with Gasteiger partial charge in [0, 0.05) is 13.1 Å². The molecule has 1 aliphatic rings. The molecule has 0 aromatic heterocycles. The monoisotopic (exact) mass is 334 g/mol. The van der Waals surface area contributed by atoms with Crippen LogP contribution in [0, 0.1) is 11.3 Å². The highest BCUT2D eigenvalue weighted by Crippen LogP contribution is 2.21. The van der Waals surface area contributed by atoms with Gasteiger partial charge < -0.3 is 25.8 Å². The Morgan fingerprint density at radius 1 is 1.33 bits per heavy atom. The molecule has 0 spiro atoms. The number of carbonyl (C=O) groups excluding carboxylic acids is 1. The molecule has 5 N–H and O–H groups in total. The number of nitrogens with one attached hydrogen (secondary N) is 2. The second kappa shape index (κ2) is 8.19. The Labute approximate surface area is 140 Å². The second-order valence-electron chi connectivity index (χ2n) is 5.73. The first-order valence-corrected chi connectivity index (χ1v) is 7.76. The molecule has 1 fully saturated rings. The lowest BCUT2D eigenvalue weighted by molar-refractivity contribution is -0.141. The van der Waals surface area contributed by atoms with Crippen LogP contribution in [0.4, 0.5) is 4.79 Å². The van der Waals surface area contributed by atoms with E-state index in [1.54, 1.807) is 4.90 Å². The van der Waals surface area contributed by atoms with E-state index in [0.29, 0.717) is 25.9 Å². The van der Waals surface area contributed by atoms with E-state index in [2.05, 4.69) is 5.32 Å². The largest absolute Gasteiger partial charge is 0.480 e. The molecule has 1 aromatic carbocycles. The molecule has 1 unspecified atom stereocenters. The predicted molar refractivity (Wildman–Crippen MR) is 87.4 cm³/mol. The zero-order valence-corrected chi connectivity index (χ0v) is 13.3. The van der Waals surface area contributed by atoms with Crippen molar-refractivity contribution < 1.29 is 19.4 Å². The van der Waals surface area contributed by atoms with Crippen LogP contribution in [-0.4, -0.2) is 47.2 Å². The van der Waals surface area contributed by atoms with Crippen LogP contribution in [0.5, 0.6) is 0 Å². The van der Waals surface area contributed by atoms with Crippen LogP contribution in [0.25, 0.3) is 0 Å². The van der Waals surface area contributed by atoms with Crippen LogP contribution in [-0.2, 0) is 16.1 Å². The second-order valence-corrected chi connectivity index (χ2v) is 5.73. The Hall–Kier alpha value is -2.77. The SMILES string of the molecule is N=C(N)N1CCC(C(NC(=O)OCc2ccccc2)C(=O)O)CC1. The van der Waals surface area contributed by atoms with Crippen molar-refractivity contribution in [3.63, 3.8) is 0 Å². The highest BCUT2D eigenvalue weighted by Gasteiger charge is 2.33. The van der Waals surface area contributed by atoms with E-state index in [1.165, 1.54) is 0 Å². The Balaban J connectivity index is 1.86. The molecular weight excluding hydrogens is 312 g/mol. The number of aliphatic carboxylic acids is 1. The first-order chi connectivity index (χ1) is 11.5. The van der Waals surface area contributed by atoms with Crippen LogP contribution in [0.1, 0.15) is 18.4 Å². The lowest BCUT2D eigenvalue weighted by Gasteiger charge is -2.34. The van der Waals surface area contributed by atoms with Crippen molar-refractivity contribution >= 4 is 18.0 Å². The average Bonchev–Trinajstić information content (AvgIpc) is 2.58. The third kappa shape index (κ3) is 4.87. The van der Waals surface area contributed by atoms with Gasteiger partial charge in [0.1, 0.15) is 12.6 Å². The van der Waals surface area contributed by atoms with Crippen molar-refractivity contribution in [2.45, 2.75) is 25.5 Å². The summed E-state index contributed by atoms with van der Waals surface area (Å²) in [5, 5.41) is 19.2. The zero-order chi connectivity index (χ0) is 17.5. The maximum atomic E-state index is 11.9. The summed E-state index contributed by atoms with van der Waals surface area (Å²) in [6, 6.07) is 8.15. The van der Waals surface area contributed by atoms with Crippen LogP contribution >= 0.6 is 0 Å². The number of carboxylic acid groups (broad SMARTS) is 1. The van der Waals surface area contributed by atoms with E-state index >= 15 is 0 Å². The van der Waals surface area contributed by atoms with Crippen LogP contribution in [0.15, 0.2) is 30.3 Å². The smallest absolute Gasteiger partial charge is 0.408 e. The average molecular weight is 334 g/mol. The molecule has 1 aromatic rings. The third-order valence-electron chi connectivity index (χ3n) is 4.10. The minimum atomic E-state index is -1.09. The number of likely N-dealkylation sites (tertiary alicyclic amines) is 1.